The van der Waals surface area contributed by atoms with Crippen LogP contribution in [-0.4, -0.2) is 49.6 Å². The van der Waals surface area contributed by atoms with Gasteiger partial charge in [-0.05, 0) is 54.8 Å². The van der Waals surface area contributed by atoms with Crippen molar-refractivity contribution in [3.05, 3.63) is 57.9 Å². The molecule has 1 heterocycles. The second kappa shape index (κ2) is 10.2. The van der Waals surface area contributed by atoms with Crippen LogP contribution < -0.4 is 25.1 Å². The quantitative estimate of drug-likeness (QED) is 0.367. The fourth-order valence-electron chi connectivity index (χ4n) is 3.60. The normalized spacial score (nSPS) is 12.0. The minimum absolute atomic E-state index is 0.0260. The van der Waals surface area contributed by atoms with Crippen LogP contribution in [0.15, 0.2) is 41.2 Å². The summed E-state index contributed by atoms with van der Waals surface area (Å²) in [5.41, 5.74) is 1.72. The summed E-state index contributed by atoms with van der Waals surface area (Å²) in [5, 5.41) is 24.4. The van der Waals surface area contributed by atoms with Crippen molar-refractivity contribution in [2.75, 3.05) is 34.4 Å². The van der Waals surface area contributed by atoms with Gasteiger partial charge in [-0.1, -0.05) is 6.07 Å². The Balaban J connectivity index is 1.58. The predicted octanol–water partition coefficient (Wildman–Crippen LogP) is 2.52. The molecule has 0 amide bonds. The van der Waals surface area contributed by atoms with Crippen LogP contribution in [0.3, 0.4) is 0 Å². The first-order valence-corrected chi connectivity index (χ1v) is 10.0. The van der Waals surface area contributed by atoms with E-state index in [1.165, 1.54) is 12.1 Å². The number of pyridine rings is 1. The summed E-state index contributed by atoms with van der Waals surface area (Å²) in [6.07, 6.45) is 0.855. The lowest BCUT2D eigenvalue weighted by Crippen LogP contribution is -2.23. The Kier molecular flexibility index (Phi) is 7.38. The molecule has 0 saturated carbocycles. The molecule has 1 atom stereocenters. The molecule has 2 aromatic carbocycles. The van der Waals surface area contributed by atoms with Crippen LogP contribution in [0.5, 0.6) is 23.0 Å². The monoisotopic (exact) mass is 428 g/mol. The number of hydrogen-bond donors (Lipinski definition) is 4. The Labute approximate surface area is 180 Å². The predicted molar refractivity (Wildman–Crippen MR) is 118 cm³/mol. The molecule has 0 aliphatic rings. The van der Waals surface area contributed by atoms with Crippen LogP contribution in [0.1, 0.15) is 23.7 Å². The van der Waals surface area contributed by atoms with Gasteiger partial charge in [0, 0.05) is 18.0 Å². The number of phenols is 1. The van der Waals surface area contributed by atoms with Crippen molar-refractivity contribution in [3.63, 3.8) is 0 Å². The fraction of sp³-hybridized carbons (Fsp3) is 0.348. The third-order valence-electron chi connectivity index (χ3n) is 5.15. The van der Waals surface area contributed by atoms with Gasteiger partial charge in [-0.25, -0.2) is 0 Å². The van der Waals surface area contributed by atoms with Gasteiger partial charge in [-0.15, -0.1) is 0 Å². The highest BCUT2D eigenvalue weighted by atomic mass is 16.5. The molecule has 166 valence electrons. The minimum atomic E-state index is -0.782. The second-order valence-electron chi connectivity index (χ2n) is 7.14. The smallest absolute Gasteiger partial charge is 0.248 e. The molecule has 0 radical (unpaired) electrons. The number of aromatic hydroxyl groups is 1. The molecule has 8 nitrogen and oxygen atoms in total. The van der Waals surface area contributed by atoms with E-state index in [1.807, 2.05) is 12.1 Å². The van der Waals surface area contributed by atoms with Gasteiger partial charge in [0.1, 0.15) is 5.75 Å². The van der Waals surface area contributed by atoms with Crippen molar-refractivity contribution in [1.82, 2.24) is 10.3 Å². The molecule has 3 aromatic rings. The SMILES string of the molecule is COc1cc(CCCNCC(O)c2ccc(O)c3[nH]c(=O)ccc23)cc(OC)c1OC. The van der Waals surface area contributed by atoms with Crippen LogP contribution in [0, 0.1) is 0 Å². The number of ether oxygens (including phenoxy) is 3. The van der Waals surface area contributed by atoms with Crippen LogP contribution >= 0.6 is 0 Å². The van der Waals surface area contributed by atoms with Crippen molar-refractivity contribution in [3.8, 4) is 23.0 Å². The summed E-state index contributed by atoms with van der Waals surface area (Å²) < 4.78 is 16.1. The highest BCUT2D eigenvalue weighted by Gasteiger charge is 2.15. The molecule has 0 aliphatic carbocycles. The van der Waals surface area contributed by atoms with Gasteiger partial charge >= 0.3 is 0 Å². The van der Waals surface area contributed by atoms with Gasteiger partial charge in [0.05, 0.1) is 33.0 Å². The van der Waals surface area contributed by atoms with Crippen LogP contribution in [0.25, 0.3) is 10.9 Å². The van der Waals surface area contributed by atoms with Crippen molar-refractivity contribution in [2.24, 2.45) is 0 Å². The van der Waals surface area contributed by atoms with E-state index in [9.17, 15) is 15.0 Å². The molecule has 0 fully saturated rings. The Morgan fingerprint density at radius 1 is 1.03 bits per heavy atom. The number of aromatic nitrogens is 1. The van der Waals surface area contributed by atoms with Crippen molar-refractivity contribution >= 4 is 10.9 Å². The zero-order valence-corrected chi connectivity index (χ0v) is 17.9. The van der Waals surface area contributed by atoms with Crippen molar-refractivity contribution in [1.29, 1.82) is 0 Å². The summed E-state index contributed by atoms with van der Waals surface area (Å²) in [6.45, 7) is 1.04. The number of rotatable bonds is 10. The number of nitrogens with one attached hydrogen (secondary N) is 2. The lowest BCUT2D eigenvalue weighted by Gasteiger charge is -2.16. The molecule has 0 bridgehead atoms. The standard InChI is InChI=1S/C23H28N2O6/c1-29-19-11-14(12-20(30-2)23(19)31-3)5-4-10-24-13-18(27)15-6-8-17(26)22-16(15)7-9-21(28)25-22/h6-9,11-12,18,24,26-27H,4-5,10,13H2,1-3H3,(H,25,28). The van der Waals surface area contributed by atoms with E-state index in [-0.39, 0.29) is 11.3 Å². The maximum absolute atomic E-state index is 11.5. The van der Waals surface area contributed by atoms with Crippen LogP contribution in [-0.2, 0) is 6.42 Å². The Morgan fingerprint density at radius 2 is 1.74 bits per heavy atom. The average molecular weight is 428 g/mol. The summed E-state index contributed by atoms with van der Waals surface area (Å²) >= 11 is 0. The van der Waals surface area contributed by atoms with E-state index in [0.29, 0.717) is 46.8 Å². The molecule has 8 heteroatoms. The minimum Gasteiger partial charge on any atom is -0.506 e. The number of aromatic amines is 1. The van der Waals surface area contributed by atoms with E-state index in [0.717, 1.165) is 18.4 Å². The van der Waals surface area contributed by atoms with E-state index >= 15 is 0 Å². The molecule has 3 rings (SSSR count). The number of aliphatic hydroxyl groups is 1. The lowest BCUT2D eigenvalue weighted by atomic mass is 10.0. The average Bonchev–Trinajstić information content (AvgIpc) is 2.78. The Hall–Kier alpha value is -3.23. The Bertz CT molecular complexity index is 1070. The molecule has 0 aliphatic heterocycles. The first kappa shape index (κ1) is 22.5. The van der Waals surface area contributed by atoms with Crippen molar-refractivity contribution in [2.45, 2.75) is 18.9 Å². The summed E-state index contributed by atoms with van der Waals surface area (Å²) in [5.74, 6) is 1.79. The molecule has 4 N–H and O–H groups in total. The summed E-state index contributed by atoms with van der Waals surface area (Å²) in [4.78, 5) is 14.1. The van der Waals surface area contributed by atoms with Gasteiger partial charge in [0.15, 0.2) is 11.5 Å². The number of aliphatic hydroxyl groups excluding tert-OH is 1. The number of aryl methyl sites for hydroxylation is 1. The summed E-state index contributed by atoms with van der Waals surface area (Å²) in [7, 11) is 4.75. The molecular formula is C23H28N2O6. The molecular weight excluding hydrogens is 400 g/mol. The topological polar surface area (TPSA) is 113 Å². The zero-order chi connectivity index (χ0) is 22.4. The second-order valence-corrected chi connectivity index (χ2v) is 7.14. The highest BCUT2D eigenvalue weighted by Crippen LogP contribution is 2.38. The van der Waals surface area contributed by atoms with Gasteiger partial charge < -0.3 is 34.7 Å². The molecule has 0 spiro atoms. The molecule has 31 heavy (non-hydrogen) atoms. The number of hydrogen-bond acceptors (Lipinski definition) is 7. The molecule has 1 unspecified atom stereocenters. The number of methoxy groups -OCH3 is 3. The maximum Gasteiger partial charge on any atom is 0.248 e. The lowest BCUT2D eigenvalue weighted by molar-refractivity contribution is 0.176. The van der Waals surface area contributed by atoms with E-state index in [2.05, 4.69) is 10.3 Å². The van der Waals surface area contributed by atoms with Gasteiger partial charge in [0.25, 0.3) is 0 Å². The number of H-pyrrole nitrogens is 1. The number of benzene rings is 2. The Morgan fingerprint density at radius 3 is 2.39 bits per heavy atom. The van der Waals surface area contributed by atoms with Gasteiger partial charge in [-0.2, -0.15) is 0 Å². The van der Waals surface area contributed by atoms with Gasteiger partial charge in [-0.3, -0.25) is 4.79 Å². The number of phenolic OH excluding ortho intramolecular Hbond substituents is 1. The van der Waals surface area contributed by atoms with E-state index in [4.69, 9.17) is 14.2 Å². The van der Waals surface area contributed by atoms with Crippen molar-refractivity contribution < 1.29 is 24.4 Å². The van der Waals surface area contributed by atoms with Crippen LogP contribution in [0.4, 0.5) is 0 Å². The largest absolute Gasteiger partial charge is 0.506 e. The molecule has 1 aromatic heterocycles. The van der Waals surface area contributed by atoms with Gasteiger partial charge in [0.2, 0.25) is 11.3 Å². The first-order valence-electron chi connectivity index (χ1n) is 10.0. The van der Waals surface area contributed by atoms with E-state index in [1.54, 1.807) is 33.5 Å². The third-order valence-corrected chi connectivity index (χ3v) is 5.15. The molecule has 0 saturated heterocycles. The fourth-order valence-corrected chi connectivity index (χ4v) is 3.60. The summed E-state index contributed by atoms with van der Waals surface area (Å²) in [6, 6.07) is 9.98. The first-order chi connectivity index (χ1) is 15.0. The third kappa shape index (κ3) is 5.10. The number of fused-ring (bicyclic) bond motifs is 1. The van der Waals surface area contributed by atoms with Crippen LogP contribution in [0.2, 0.25) is 0 Å². The maximum atomic E-state index is 11.5. The zero-order valence-electron chi connectivity index (χ0n) is 17.9. The van der Waals surface area contributed by atoms with E-state index < -0.39 is 6.10 Å². The highest BCUT2D eigenvalue weighted by molar-refractivity contribution is 5.87.